The summed E-state index contributed by atoms with van der Waals surface area (Å²) in [5, 5.41) is 0. The van der Waals surface area contributed by atoms with Crippen molar-refractivity contribution in [1.29, 1.82) is 0 Å². The molecule has 0 bridgehead atoms. The summed E-state index contributed by atoms with van der Waals surface area (Å²) in [6.07, 6.45) is 2.79. The van der Waals surface area contributed by atoms with E-state index in [4.69, 9.17) is 0 Å². The zero-order valence-corrected chi connectivity index (χ0v) is 14.5. The number of hydrogen-bond acceptors (Lipinski definition) is 2. The van der Waals surface area contributed by atoms with Gasteiger partial charge in [-0.25, -0.2) is 0 Å². The molecule has 0 aromatic heterocycles. The van der Waals surface area contributed by atoms with E-state index < -0.39 is 0 Å². The van der Waals surface area contributed by atoms with E-state index >= 15 is 0 Å². The minimum atomic E-state index is 0.137. The maximum Gasteiger partial charge on any atom is 0.254 e. The summed E-state index contributed by atoms with van der Waals surface area (Å²) in [6, 6.07) is 5.73. The summed E-state index contributed by atoms with van der Waals surface area (Å²) >= 11 is 6.88. The molecule has 1 amide bonds. The minimum absolute atomic E-state index is 0.137. The SMILES string of the molecule is O=C(c1cc(Br)cc(Br)c1)N1CCN(CC2CC2)CC1. The van der Waals surface area contributed by atoms with Gasteiger partial charge in [-0.2, -0.15) is 0 Å². The molecular weight excluding hydrogens is 384 g/mol. The molecule has 1 aliphatic carbocycles. The third-order valence-electron chi connectivity index (χ3n) is 3.98. The second-order valence-corrected chi connectivity index (χ2v) is 7.53. The van der Waals surface area contributed by atoms with Gasteiger partial charge in [0.1, 0.15) is 0 Å². The first-order valence-corrected chi connectivity index (χ1v) is 8.68. The summed E-state index contributed by atoms with van der Waals surface area (Å²) in [7, 11) is 0. The van der Waals surface area contributed by atoms with Crippen LogP contribution < -0.4 is 0 Å². The number of carbonyl (C=O) groups excluding carboxylic acids is 1. The molecule has 0 N–H and O–H groups in total. The number of piperazine rings is 1. The first kappa shape index (κ1) is 14.5. The standard InChI is InChI=1S/C15H18Br2N2O/c16-13-7-12(8-14(17)9-13)15(20)19-5-3-18(4-6-19)10-11-1-2-11/h7-9,11H,1-6,10H2. The molecule has 2 aliphatic rings. The molecule has 2 fully saturated rings. The summed E-state index contributed by atoms with van der Waals surface area (Å²) in [4.78, 5) is 17.0. The van der Waals surface area contributed by atoms with Gasteiger partial charge in [0.2, 0.25) is 0 Å². The predicted molar refractivity (Wildman–Crippen MR) is 86.9 cm³/mol. The van der Waals surface area contributed by atoms with E-state index in [1.807, 2.05) is 23.1 Å². The quantitative estimate of drug-likeness (QED) is 0.775. The Labute approximate surface area is 136 Å². The first-order valence-electron chi connectivity index (χ1n) is 7.09. The molecule has 108 valence electrons. The predicted octanol–water partition coefficient (Wildman–Crippen LogP) is 3.38. The normalized spacial score (nSPS) is 20.2. The highest BCUT2D eigenvalue weighted by Gasteiger charge is 2.28. The van der Waals surface area contributed by atoms with Gasteiger partial charge in [-0.3, -0.25) is 9.69 Å². The second-order valence-electron chi connectivity index (χ2n) is 5.69. The monoisotopic (exact) mass is 400 g/mol. The van der Waals surface area contributed by atoms with Crippen molar-refractivity contribution in [2.24, 2.45) is 5.92 Å². The fraction of sp³-hybridized carbons (Fsp3) is 0.533. The van der Waals surface area contributed by atoms with Crippen molar-refractivity contribution >= 4 is 37.8 Å². The lowest BCUT2D eigenvalue weighted by atomic mass is 10.2. The van der Waals surface area contributed by atoms with Crippen LogP contribution in [-0.2, 0) is 0 Å². The number of halogens is 2. The molecule has 3 nitrogen and oxygen atoms in total. The van der Waals surface area contributed by atoms with Crippen LogP contribution >= 0.6 is 31.9 Å². The van der Waals surface area contributed by atoms with Crippen LogP contribution in [0, 0.1) is 5.92 Å². The highest BCUT2D eigenvalue weighted by molar-refractivity contribution is 9.11. The maximum absolute atomic E-state index is 12.5. The van der Waals surface area contributed by atoms with Crippen molar-refractivity contribution in [3.8, 4) is 0 Å². The number of nitrogens with zero attached hydrogens (tertiary/aromatic N) is 2. The molecule has 1 heterocycles. The van der Waals surface area contributed by atoms with Crippen molar-refractivity contribution in [2.45, 2.75) is 12.8 Å². The van der Waals surface area contributed by atoms with E-state index in [0.29, 0.717) is 0 Å². The number of hydrogen-bond donors (Lipinski definition) is 0. The second kappa shape index (κ2) is 6.16. The molecule has 1 aromatic rings. The van der Waals surface area contributed by atoms with Gasteiger partial charge in [0.25, 0.3) is 5.91 Å². The number of carbonyl (C=O) groups is 1. The van der Waals surface area contributed by atoms with Crippen LogP contribution in [0.15, 0.2) is 27.1 Å². The molecule has 1 aromatic carbocycles. The Kier molecular flexibility index (Phi) is 4.48. The fourth-order valence-electron chi connectivity index (χ4n) is 2.66. The largest absolute Gasteiger partial charge is 0.336 e. The Balaban J connectivity index is 1.60. The molecule has 1 saturated carbocycles. The van der Waals surface area contributed by atoms with Crippen molar-refractivity contribution in [3.63, 3.8) is 0 Å². The molecule has 0 spiro atoms. The van der Waals surface area contributed by atoms with Crippen LogP contribution in [0.2, 0.25) is 0 Å². The van der Waals surface area contributed by atoms with Crippen LogP contribution in [0.3, 0.4) is 0 Å². The van der Waals surface area contributed by atoms with Gasteiger partial charge in [0.05, 0.1) is 0 Å². The lowest BCUT2D eigenvalue weighted by Gasteiger charge is -2.34. The van der Waals surface area contributed by atoms with Gasteiger partial charge in [-0.1, -0.05) is 31.9 Å². The average molecular weight is 402 g/mol. The maximum atomic E-state index is 12.5. The zero-order chi connectivity index (χ0) is 14.1. The molecule has 0 unspecified atom stereocenters. The van der Waals surface area contributed by atoms with E-state index in [2.05, 4.69) is 36.8 Å². The Morgan fingerprint density at radius 3 is 2.20 bits per heavy atom. The zero-order valence-electron chi connectivity index (χ0n) is 11.3. The Morgan fingerprint density at radius 1 is 1.05 bits per heavy atom. The number of amides is 1. The van der Waals surface area contributed by atoms with Crippen LogP contribution in [0.4, 0.5) is 0 Å². The van der Waals surface area contributed by atoms with Crippen molar-refractivity contribution < 1.29 is 4.79 Å². The molecule has 3 rings (SSSR count). The van der Waals surface area contributed by atoms with E-state index in [-0.39, 0.29) is 5.91 Å². The third kappa shape index (κ3) is 3.62. The number of benzene rings is 1. The van der Waals surface area contributed by atoms with Gasteiger partial charge in [-0.05, 0) is 37.0 Å². The summed E-state index contributed by atoms with van der Waals surface area (Å²) in [5.74, 6) is 1.07. The van der Waals surface area contributed by atoms with Gasteiger partial charge >= 0.3 is 0 Å². The molecule has 5 heteroatoms. The molecule has 0 radical (unpaired) electrons. The lowest BCUT2D eigenvalue weighted by Crippen LogP contribution is -2.49. The molecule has 20 heavy (non-hydrogen) atoms. The summed E-state index contributed by atoms with van der Waals surface area (Å²) < 4.78 is 1.87. The first-order chi connectivity index (χ1) is 9.61. The summed E-state index contributed by atoms with van der Waals surface area (Å²) in [5.41, 5.74) is 0.752. The lowest BCUT2D eigenvalue weighted by molar-refractivity contribution is 0.0632. The van der Waals surface area contributed by atoms with Crippen molar-refractivity contribution in [3.05, 3.63) is 32.7 Å². The number of rotatable bonds is 3. The van der Waals surface area contributed by atoms with E-state index in [1.165, 1.54) is 19.4 Å². The Hall–Kier alpha value is -0.390. The Morgan fingerprint density at radius 2 is 1.65 bits per heavy atom. The van der Waals surface area contributed by atoms with Gasteiger partial charge in [-0.15, -0.1) is 0 Å². The average Bonchev–Trinajstić information content (AvgIpc) is 3.22. The molecule has 0 atom stereocenters. The highest BCUT2D eigenvalue weighted by atomic mass is 79.9. The summed E-state index contributed by atoms with van der Waals surface area (Å²) in [6.45, 7) is 4.94. The van der Waals surface area contributed by atoms with Gasteiger partial charge < -0.3 is 4.90 Å². The minimum Gasteiger partial charge on any atom is -0.336 e. The van der Waals surface area contributed by atoms with Crippen LogP contribution in [-0.4, -0.2) is 48.4 Å². The van der Waals surface area contributed by atoms with Crippen LogP contribution in [0.25, 0.3) is 0 Å². The van der Waals surface area contributed by atoms with E-state index in [0.717, 1.165) is 46.6 Å². The Bertz CT molecular complexity index is 488. The van der Waals surface area contributed by atoms with E-state index in [9.17, 15) is 4.79 Å². The van der Waals surface area contributed by atoms with Crippen molar-refractivity contribution in [1.82, 2.24) is 9.80 Å². The van der Waals surface area contributed by atoms with Gasteiger partial charge in [0.15, 0.2) is 0 Å². The van der Waals surface area contributed by atoms with Gasteiger partial charge in [0, 0.05) is 47.2 Å². The third-order valence-corrected chi connectivity index (χ3v) is 4.90. The van der Waals surface area contributed by atoms with Crippen molar-refractivity contribution in [2.75, 3.05) is 32.7 Å². The highest BCUT2D eigenvalue weighted by Crippen LogP contribution is 2.30. The molecule has 1 aliphatic heterocycles. The van der Waals surface area contributed by atoms with Crippen LogP contribution in [0.1, 0.15) is 23.2 Å². The van der Waals surface area contributed by atoms with Crippen LogP contribution in [0.5, 0.6) is 0 Å². The topological polar surface area (TPSA) is 23.6 Å². The molecular formula is C15H18Br2N2O. The molecule has 1 saturated heterocycles. The fourth-order valence-corrected chi connectivity index (χ4v) is 3.95. The van der Waals surface area contributed by atoms with E-state index in [1.54, 1.807) is 0 Å². The smallest absolute Gasteiger partial charge is 0.254 e.